The molecule has 0 aliphatic heterocycles. The smallest absolute Gasteiger partial charge is 0.343 e. The van der Waals surface area contributed by atoms with Crippen LogP contribution in [0.1, 0.15) is 23.2 Å². The van der Waals surface area contributed by atoms with Gasteiger partial charge in [-0.15, -0.1) is 0 Å². The van der Waals surface area contributed by atoms with E-state index in [1.807, 2.05) is 48.6 Å². The molecule has 0 heterocycles. The van der Waals surface area contributed by atoms with Crippen molar-refractivity contribution >= 4 is 22.7 Å². The van der Waals surface area contributed by atoms with Crippen molar-refractivity contribution in [3.05, 3.63) is 96.1 Å². The number of fused-ring (bicyclic) bond motifs is 1. The molecule has 0 N–H and O–H groups in total. The lowest BCUT2D eigenvalue weighted by Crippen LogP contribution is -2.14. The number of esters is 2. The van der Waals surface area contributed by atoms with E-state index in [1.165, 1.54) is 0 Å². The topological polar surface area (TPSA) is 52.6 Å². The first-order chi connectivity index (χ1) is 13.7. The molecular weight excluding hydrogens is 352 g/mol. The first kappa shape index (κ1) is 17.7. The summed E-state index contributed by atoms with van der Waals surface area (Å²) in [5.41, 5.74) is 0.922. The summed E-state index contributed by atoms with van der Waals surface area (Å²) >= 11 is 0. The molecule has 0 unspecified atom stereocenters. The maximum atomic E-state index is 12.6. The third kappa shape index (κ3) is 3.71. The van der Waals surface area contributed by atoms with Crippen LogP contribution in [-0.4, -0.2) is 11.9 Å². The molecule has 28 heavy (non-hydrogen) atoms. The quantitative estimate of drug-likeness (QED) is 0.465. The average molecular weight is 370 g/mol. The fraction of sp³-hybridized carbons (Fsp3) is 0.0833. The summed E-state index contributed by atoms with van der Waals surface area (Å²) in [6.45, 7) is 0. The van der Waals surface area contributed by atoms with Gasteiger partial charge in [0.05, 0.1) is 11.1 Å². The van der Waals surface area contributed by atoms with Crippen LogP contribution in [0.4, 0.5) is 0 Å². The van der Waals surface area contributed by atoms with Crippen molar-refractivity contribution in [1.82, 2.24) is 0 Å². The Hall–Kier alpha value is -3.66. The van der Waals surface area contributed by atoms with Crippen molar-refractivity contribution in [2.24, 2.45) is 0 Å². The zero-order chi connectivity index (χ0) is 19.3. The molecule has 0 saturated heterocycles. The van der Waals surface area contributed by atoms with Crippen LogP contribution in [0.3, 0.4) is 0 Å². The SMILES string of the molecule is O=C(Oc1ccc2ccccc2c1OC(=O)c1ccccc1)C1=CCCC=C1. The highest BCUT2D eigenvalue weighted by molar-refractivity contribution is 5.99. The summed E-state index contributed by atoms with van der Waals surface area (Å²) in [5.74, 6) is -0.525. The number of hydrogen-bond acceptors (Lipinski definition) is 4. The number of rotatable bonds is 4. The third-order valence-corrected chi connectivity index (χ3v) is 4.48. The molecule has 1 aliphatic rings. The van der Waals surface area contributed by atoms with Gasteiger partial charge in [-0.3, -0.25) is 0 Å². The van der Waals surface area contributed by atoms with E-state index < -0.39 is 11.9 Å². The highest BCUT2D eigenvalue weighted by Crippen LogP contribution is 2.37. The Balaban J connectivity index is 1.71. The molecule has 1 aliphatic carbocycles. The zero-order valence-corrected chi connectivity index (χ0v) is 15.1. The van der Waals surface area contributed by atoms with Crippen molar-refractivity contribution in [3.63, 3.8) is 0 Å². The van der Waals surface area contributed by atoms with Crippen LogP contribution in [0.25, 0.3) is 10.8 Å². The largest absolute Gasteiger partial charge is 0.419 e. The molecule has 3 aromatic carbocycles. The zero-order valence-electron chi connectivity index (χ0n) is 15.1. The molecule has 0 aromatic heterocycles. The number of benzene rings is 3. The maximum absolute atomic E-state index is 12.6. The number of ether oxygens (including phenoxy) is 2. The highest BCUT2D eigenvalue weighted by atomic mass is 16.6. The van der Waals surface area contributed by atoms with Crippen LogP contribution in [0.5, 0.6) is 11.5 Å². The molecule has 0 bridgehead atoms. The van der Waals surface area contributed by atoms with Gasteiger partial charge >= 0.3 is 11.9 Å². The van der Waals surface area contributed by atoms with Gasteiger partial charge in [-0.1, -0.05) is 66.8 Å². The lowest BCUT2D eigenvalue weighted by Gasteiger charge is -2.14. The molecule has 4 nitrogen and oxygen atoms in total. The van der Waals surface area contributed by atoms with Crippen molar-refractivity contribution in [3.8, 4) is 11.5 Å². The standard InChI is InChI=1S/C24H18O4/c25-23(18-10-3-1-4-11-18)27-21-16-15-17-9-7-8-14-20(17)22(21)28-24(26)19-12-5-2-6-13-19/h2-3,5-16H,1,4H2. The maximum Gasteiger partial charge on any atom is 0.343 e. The Morgan fingerprint density at radius 1 is 0.750 bits per heavy atom. The minimum atomic E-state index is -0.508. The number of carbonyl (C=O) groups excluding carboxylic acids is 2. The van der Waals surface area contributed by atoms with Gasteiger partial charge in [0.2, 0.25) is 0 Å². The van der Waals surface area contributed by atoms with Gasteiger partial charge in [-0.05, 0) is 36.4 Å². The van der Waals surface area contributed by atoms with Crippen molar-refractivity contribution < 1.29 is 19.1 Å². The van der Waals surface area contributed by atoms with E-state index in [9.17, 15) is 9.59 Å². The average Bonchev–Trinajstić information content (AvgIpc) is 2.76. The highest BCUT2D eigenvalue weighted by Gasteiger charge is 2.19. The second kappa shape index (κ2) is 7.92. The van der Waals surface area contributed by atoms with Crippen LogP contribution in [0.15, 0.2) is 90.5 Å². The molecule has 4 heteroatoms. The first-order valence-corrected chi connectivity index (χ1v) is 9.10. The van der Waals surface area contributed by atoms with E-state index in [1.54, 1.807) is 36.4 Å². The van der Waals surface area contributed by atoms with Crippen LogP contribution in [0.2, 0.25) is 0 Å². The predicted molar refractivity (Wildman–Crippen MR) is 107 cm³/mol. The fourth-order valence-corrected chi connectivity index (χ4v) is 3.06. The van der Waals surface area contributed by atoms with Crippen LogP contribution in [-0.2, 0) is 4.79 Å². The van der Waals surface area contributed by atoms with Gasteiger partial charge in [0.1, 0.15) is 0 Å². The molecule has 0 spiro atoms. The molecule has 3 aromatic rings. The summed E-state index contributed by atoms with van der Waals surface area (Å²) in [6.07, 6.45) is 7.25. The second-order valence-corrected chi connectivity index (χ2v) is 6.40. The number of hydrogen-bond donors (Lipinski definition) is 0. The summed E-state index contributed by atoms with van der Waals surface area (Å²) in [7, 11) is 0. The van der Waals surface area contributed by atoms with E-state index in [2.05, 4.69) is 0 Å². The van der Waals surface area contributed by atoms with Crippen molar-refractivity contribution in [1.29, 1.82) is 0 Å². The lowest BCUT2D eigenvalue weighted by molar-refractivity contribution is -0.129. The Kier molecular flexibility index (Phi) is 5.02. The van der Waals surface area contributed by atoms with Gasteiger partial charge in [-0.25, -0.2) is 9.59 Å². The van der Waals surface area contributed by atoms with E-state index in [0.29, 0.717) is 16.5 Å². The second-order valence-electron chi connectivity index (χ2n) is 6.40. The van der Waals surface area contributed by atoms with Gasteiger partial charge in [0.25, 0.3) is 0 Å². The van der Waals surface area contributed by atoms with E-state index in [0.717, 1.165) is 18.2 Å². The molecular formula is C24H18O4. The molecule has 0 fully saturated rings. The summed E-state index contributed by atoms with van der Waals surface area (Å²) in [4.78, 5) is 25.1. The Labute approximate surface area is 162 Å². The monoisotopic (exact) mass is 370 g/mol. The van der Waals surface area contributed by atoms with Gasteiger partial charge in [0.15, 0.2) is 11.5 Å². The number of allylic oxidation sites excluding steroid dienone is 2. The van der Waals surface area contributed by atoms with E-state index in [-0.39, 0.29) is 11.5 Å². The predicted octanol–water partition coefficient (Wildman–Crippen LogP) is 5.24. The summed E-state index contributed by atoms with van der Waals surface area (Å²) in [6, 6.07) is 19.7. The Bertz CT molecular complexity index is 1090. The van der Waals surface area contributed by atoms with Crippen molar-refractivity contribution in [2.45, 2.75) is 12.8 Å². The molecule has 4 rings (SSSR count). The number of carbonyl (C=O) groups is 2. The summed E-state index contributed by atoms with van der Waals surface area (Å²) in [5, 5.41) is 1.58. The van der Waals surface area contributed by atoms with Crippen molar-refractivity contribution in [2.75, 3.05) is 0 Å². The minimum Gasteiger partial charge on any atom is -0.419 e. The Morgan fingerprint density at radius 3 is 2.32 bits per heavy atom. The van der Waals surface area contributed by atoms with Crippen LogP contribution in [0, 0.1) is 0 Å². The van der Waals surface area contributed by atoms with Gasteiger partial charge in [0, 0.05) is 5.39 Å². The fourth-order valence-electron chi connectivity index (χ4n) is 3.06. The van der Waals surface area contributed by atoms with E-state index >= 15 is 0 Å². The third-order valence-electron chi connectivity index (χ3n) is 4.48. The molecule has 0 amide bonds. The minimum absolute atomic E-state index is 0.216. The molecule has 0 saturated carbocycles. The summed E-state index contributed by atoms with van der Waals surface area (Å²) < 4.78 is 11.3. The van der Waals surface area contributed by atoms with Gasteiger partial charge in [-0.2, -0.15) is 0 Å². The van der Waals surface area contributed by atoms with Gasteiger partial charge < -0.3 is 9.47 Å². The van der Waals surface area contributed by atoms with Crippen LogP contribution >= 0.6 is 0 Å². The Morgan fingerprint density at radius 2 is 1.54 bits per heavy atom. The normalized spacial score (nSPS) is 13.1. The van der Waals surface area contributed by atoms with Crippen LogP contribution < -0.4 is 9.47 Å². The molecule has 0 radical (unpaired) electrons. The molecule has 138 valence electrons. The molecule has 0 atom stereocenters. The first-order valence-electron chi connectivity index (χ1n) is 9.10. The lowest BCUT2D eigenvalue weighted by atomic mass is 10.1. The van der Waals surface area contributed by atoms with E-state index in [4.69, 9.17) is 9.47 Å².